The van der Waals surface area contributed by atoms with Crippen molar-refractivity contribution in [2.24, 2.45) is 0 Å². The van der Waals surface area contributed by atoms with Crippen molar-refractivity contribution in [3.8, 4) is 22.6 Å². The number of nitrogens with one attached hydrogen (secondary N) is 1. The first kappa shape index (κ1) is 29.7. The van der Waals surface area contributed by atoms with Gasteiger partial charge in [0.05, 0.1) is 47.6 Å². The molecule has 0 aliphatic heterocycles. The SMILES string of the molecule is CC[C@@H](C(=O)Nc1ccc2nc(C)c(C)nc2c1)n1cc(OC)c(-c2cc(Cl)ccc2-n2cc(C(F)(F)F)nn2)cc1=O. The summed E-state index contributed by atoms with van der Waals surface area (Å²) in [6.07, 6.45) is -2.31. The van der Waals surface area contributed by atoms with Gasteiger partial charge in [-0.1, -0.05) is 23.7 Å². The topological polar surface area (TPSA) is 117 Å². The number of pyridine rings is 1. The van der Waals surface area contributed by atoms with Crippen molar-refractivity contribution in [3.05, 3.63) is 87.3 Å². The molecule has 0 fully saturated rings. The maximum Gasteiger partial charge on any atom is 0.436 e. The minimum absolute atomic E-state index is 0.178. The number of anilines is 1. The molecule has 0 unspecified atom stereocenters. The van der Waals surface area contributed by atoms with E-state index in [0.29, 0.717) is 16.7 Å². The Hall–Kier alpha value is -4.78. The summed E-state index contributed by atoms with van der Waals surface area (Å²) < 4.78 is 47.3. The third kappa shape index (κ3) is 5.93. The van der Waals surface area contributed by atoms with Crippen molar-refractivity contribution in [2.75, 3.05) is 12.4 Å². The molecule has 5 aromatic rings. The zero-order valence-corrected chi connectivity index (χ0v) is 24.2. The summed E-state index contributed by atoms with van der Waals surface area (Å²) >= 11 is 6.23. The predicted molar refractivity (Wildman–Crippen MR) is 155 cm³/mol. The lowest BCUT2D eigenvalue weighted by Crippen LogP contribution is -2.32. The summed E-state index contributed by atoms with van der Waals surface area (Å²) in [4.78, 5) is 35.9. The number of hydrogen-bond donors (Lipinski definition) is 1. The highest BCUT2D eigenvalue weighted by atomic mass is 35.5. The van der Waals surface area contributed by atoms with Gasteiger partial charge in [-0.3, -0.25) is 14.2 Å². The summed E-state index contributed by atoms with van der Waals surface area (Å²) in [5, 5.41) is 9.94. The molecular formula is C29H25ClF3N7O3. The fourth-order valence-corrected chi connectivity index (χ4v) is 4.80. The van der Waals surface area contributed by atoms with Crippen LogP contribution >= 0.6 is 11.6 Å². The lowest BCUT2D eigenvalue weighted by molar-refractivity contribution is -0.141. The largest absolute Gasteiger partial charge is 0.495 e. The van der Waals surface area contributed by atoms with Gasteiger partial charge in [-0.2, -0.15) is 13.2 Å². The van der Waals surface area contributed by atoms with Gasteiger partial charge in [0, 0.05) is 27.9 Å². The van der Waals surface area contributed by atoms with E-state index in [1.165, 1.54) is 42.1 Å². The van der Waals surface area contributed by atoms with E-state index in [0.717, 1.165) is 22.3 Å². The van der Waals surface area contributed by atoms with Crippen LogP contribution in [0.2, 0.25) is 5.02 Å². The third-order valence-electron chi connectivity index (χ3n) is 6.91. The van der Waals surface area contributed by atoms with E-state index < -0.39 is 29.4 Å². The number of aryl methyl sites for hydroxylation is 2. The molecule has 1 atom stereocenters. The lowest BCUT2D eigenvalue weighted by atomic mass is 10.0. The van der Waals surface area contributed by atoms with Gasteiger partial charge in [0.1, 0.15) is 11.8 Å². The Kier molecular flexibility index (Phi) is 7.93. The van der Waals surface area contributed by atoms with Gasteiger partial charge in [-0.05, 0) is 56.7 Å². The number of halogens is 4. The summed E-state index contributed by atoms with van der Waals surface area (Å²) in [5.74, 6) is -0.265. The molecule has 0 saturated carbocycles. The number of methoxy groups -OCH3 is 1. The lowest BCUT2D eigenvalue weighted by Gasteiger charge is -2.21. The van der Waals surface area contributed by atoms with Crippen LogP contribution in [0.15, 0.2) is 59.7 Å². The van der Waals surface area contributed by atoms with E-state index in [4.69, 9.17) is 16.3 Å². The maximum atomic E-state index is 13.4. The van der Waals surface area contributed by atoms with Crippen LogP contribution in [0.4, 0.5) is 18.9 Å². The number of fused-ring (bicyclic) bond motifs is 1. The molecule has 0 radical (unpaired) electrons. The van der Waals surface area contributed by atoms with Gasteiger partial charge >= 0.3 is 6.18 Å². The van der Waals surface area contributed by atoms with Gasteiger partial charge < -0.3 is 10.1 Å². The zero-order valence-electron chi connectivity index (χ0n) is 23.4. The maximum absolute atomic E-state index is 13.4. The summed E-state index contributed by atoms with van der Waals surface area (Å²) in [7, 11) is 1.37. The second-order valence-corrected chi connectivity index (χ2v) is 10.2. The number of hydrogen-bond acceptors (Lipinski definition) is 7. The molecule has 1 N–H and O–H groups in total. The quantitative estimate of drug-likeness (QED) is 0.243. The highest BCUT2D eigenvalue weighted by Gasteiger charge is 2.35. The van der Waals surface area contributed by atoms with Crippen LogP contribution in [-0.2, 0) is 11.0 Å². The first-order valence-electron chi connectivity index (χ1n) is 13.1. The van der Waals surface area contributed by atoms with Gasteiger partial charge in [-0.15, -0.1) is 5.10 Å². The Morgan fingerprint density at radius 1 is 1.02 bits per heavy atom. The van der Waals surface area contributed by atoms with E-state index in [1.807, 2.05) is 13.8 Å². The van der Waals surface area contributed by atoms with Crippen LogP contribution in [-0.4, -0.2) is 42.5 Å². The number of aromatic nitrogens is 6. The minimum atomic E-state index is -4.70. The number of alkyl halides is 3. The molecule has 3 aromatic heterocycles. The Morgan fingerprint density at radius 3 is 2.40 bits per heavy atom. The second kappa shape index (κ2) is 11.5. The molecule has 222 valence electrons. The summed E-state index contributed by atoms with van der Waals surface area (Å²) in [6.45, 7) is 5.47. The Labute approximate surface area is 248 Å². The standard InChI is InChI=1S/C29H25ClF3N7O3/c1-5-23(28(42)36-18-7-8-21-22(11-18)35-16(3)15(2)34-21)39-13-25(43-4)20(12-27(39)41)19-10-17(30)6-9-24(19)40-14-26(37-38-40)29(31,32)33/h6-14,23H,5H2,1-4H3,(H,36,42)/t23-/m0/s1. The van der Waals surface area contributed by atoms with Crippen molar-refractivity contribution < 1.29 is 22.7 Å². The highest BCUT2D eigenvalue weighted by molar-refractivity contribution is 6.31. The number of carbonyl (C=O) groups is 1. The second-order valence-electron chi connectivity index (χ2n) is 9.72. The van der Waals surface area contributed by atoms with Crippen LogP contribution in [0.1, 0.15) is 36.5 Å². The van der Waals surface area contributed by atoms with Crippen LogP contribution < -0.4 is 15.6 Å². The van der Waals surface area contributed by atoms with Crippen LogP contribution in [0.5, 0.6) is 5.75 Å². The number of amides is 1. The van der Waals surface area contributed by atoms with Crippen LogP contribution in [0, 0.1) is 13.8 Å². The predicted octanol–water partition coefficient (Wildman–Crippen LogP) is 5.93. The van der Waals surface area contributed by atoms with E-state index in [2.05, 4.69) is 25.6 Å². The smallest absolute Gasteiger partial charge is 0.436 e. The fourth-order valence-electron chi connectivity index (χ4n) is 4.62. The first-order valence-corrected chi connectivity index (χ1v) is 13.4. The minimum Gasteiger partial charge on any atom is -0.495 e. The molecular weight excluding hydrogens is 587 g/mol. The Balaban J connectivity index is 1.51. The molecule has 0 bridgehead atoms. The molecule has 0 aliphatic rings. The number of ether oxygens (including phenoxy) is 1. The van der Waals surface area contributed by atoms with Gasteiger partial charge in [-0.25, -0.2) is 14.6 Å². The first-order chi connectivity index (χ1) is 20.4. The Bertz CT molecular complexity index is 1920. The molecule has 0 aliphatic carbocycles. The third-order valence-corrected chi connectivity index (χ3v) is 7.15. The van der Waals surface area contributed by atoms with Crippen LogP contribution in [0.25, 0.3) is 27.8 Å². The number of carbonyl (C=O) groups excluding carboxylic acids is 1. The van der Waals surface area contributed by atoms with Crippen LogP contribution in [0.3, 0.4) is 0 Å². The molecule has 10 nitrogen and oxygen atoms in total. The molecule has 14 heteroatoms. The van der Waals surface area contributed by atoms with Crippen molar-refractivity contribution in [1.82, 2.24) is 29.5 Å². The average Bonchev–Trinajstić information content (AvgIpc) is 3.46. The van der Waals surface area contributed by atoms with Crippen molar-refractivity contribution in [1.29, 1.82) is 0 Å². The molecule has 3 heterocycles. The average molecular weight is 612 g/mol. The Morgan fingerprint density at radius 2 is 1.74 bits per heavy atom. The fraction of sp³-hybridized carbons (Fsp3) is 0.241. The molecule has 0 spiro atoms. The van der Waals surface area contributed by atoms with Gasteiger partial charge in [0.25, 0.3) is 5.56 Å². The van der Waals surface area contributed by atoms with E-state index in [1.54, 1.807) is 25.1 Å². The molecule has 0 saturated heterocycles. The molecule has 2 aromatic carbocycles. The van der Waals surface area contributed by atoms with E-state index >= 15 is 0 Å². The van der Waals surface area contributed by atoms with E-state index in [-0.39, 0.29) is 34.0 Å². The van der Waals surface area contributed by atoms with E-state index in [9.17, 15) is 22.8 Å². The number of benzene rings is 2. The number of nitrogens with zero attached hydrogens (tertiary/aromatic N) is 6. The molecule has 1 amide bonds. The van der Waals surface area contributed by atoms with Crippen molar-refractivity contribution in [3.63, 3.8) is 0 Å². The monoisotopic (exact) mass is 611 g/mol. The summed E-state index contributed by atoms with van der Waals surface area (Å²) in [6, 6.07) is 9.90. The molecule has 43 heavy (non-hydrogen) atoms. The van der Waals surface area contributed by atoms with Gasteiger partial charge in [0.2, 0.25) is 5.91 Å². The van der Waals surface area contributed by atoms with Crippen molar-refractivity contribution >= 4 is 34.2 Å². The normalized spacial score (nSPS) is 12.4. The number of rotatable bonds is 7. The van der Waals surface area contributed by atoms with Crippen molar-refractivity contribution in [2.45, 2.75) is 39.4 Å². The zero-order chi connectivity index (χ0) is 31.1. The summed E-state index contributed by atoms with van der Waals surface area (Å²) in [5.41, 5.74) is 2.32. The van der Waals surface area contributed by atoms with Gasteiger partial charge in [0.15, 0.2) is 5.69 Å². The highest BCUT2D eigenvalue weighted by Crippen LogP contribution is 2.36. The molecule has 5 rings (SSSR count).